The Hall–Kier alpha value is -0.315. The standard InChI is InChI=1S/C16H24BIO/c1-16(2,3)14-8-10-15(11-9-14)19-13-7-5-4-6-12-17-18/h8-12H,4-7,13H2,1-3H3. The third-order valence-electron chi connectivity index (χ3n) is 3.09. The van der Waals surface area contributed by atoms with Gasteiger partial charge in [0.2, 0.25) is 0 Å². The molecule has 0 radical (unpaired) electrons. The van der Waals surface area contributed by atoms with Crippen LogP contribution in [0, 0.1) is 0 Å². The van der Waals surface area contributed by atoms with Gasteiger partial charge in [0.15, 0.2) is 0 Å². The van der Waals surface area contributed by atoms with Crippen molar-refractivity contribution in [1.82, 2.24) is 0 Å². The molecule has 0 heterocycles. The molecule has 0 saturated carbocycles. The molecule has 0 atom stereocenters. The topological polar surface area (TPSA) is 9.23 Å². The summed E-state index contributed by atoms with van der Waals surface area (Å²) in [7, 11) is 0. The van der Waals surface area contributed by atoms with E-state index in [9.17, 15) is 0 Å². The fourth-order valence-corrected chi connectivity index (χ4v) is 2.20. The molecule has 1 aromatic rings. The third-order valence-corrected chi connectivity index (χ3v) is 3.60. The van der Waals surface area contributed by atoms with E-state index >= 15 is 0 Å². The molecule has 0 fully saturated rings. The summed E-state index contributed by atoms with van der Waals surface area (Å²) >= 11 is 2.27. The molecule has 3 heteroatoms. The summed E-state index contributed by atoms with van der Waals surface area (Å²) in [5.74, 6) is 3.20. The molecule has 1 rings (SSSR count). The monoisotopic (exact) mass is 370 g/mol. The molecule has 0 aliphatic heterocycles. The zero-order valence-corrected chi connectivity index (χ0v) is 14.4. The van der Waals surface area contributed by atoms with Crippen molar-refractivity contribution < 1.29 is 4.74 Å². The Morgan fingerprint density at radius 3 is 2.37 bits per heavy atom. The Labute approximate surface area is 131 Å². The molecule has 0 N–H and O–H groups in total. The SMILES string of the molecule is CC(C)(C)c1ccc(OCCCCCC=BI)cc1. The summed E-state index contributed by atoms with van der Waals surface area (Å²) in [5, 5.41) is 0. The maximum atomic E-state index is 5.76. The Morgan fingerprint density at radius 2 is 1.79 bits per heavy atom. The summed E-state index contributed by atoms with van der Waals surface area (Å²) in [4.78, 5) is 0. The van der Waals surface area contributed by atoms with Gasteiger partial charge in [-0.05, 0) is 0 Å². The first-order valence-electron chi connectivity index (χ1n) is 7.02. The summed E-state index contributed by atoms with van der Waals surface area (Å²) < 4.78 is 7.85. The Balaban J connectivity index is 2.23. The zero-order valence-electron chi connectivity index (χ0n) is 12.3. The van der Waals surface area contributed by atoms with E-state index in [4.69, 9.17) is 4.74 Å². The van der Waals surface area contributed by atoms with Crippen molar-refractivity contribution in [1.29, 1.82) is 0 Å². The summed E-state index contributed by atoms with van der Waals surface area (Å²) in [5.41, 5.74) is 1.57. The number of hydrogen-bond acceptors (Lipinski definition) is 1. The van der Waals surface area contributed by atoms with E-state index in [2.05, 4.69) is 78.2 Å². The van der Waals surface area contributed by atoms with Crippen LogP contribution >= 0.6 is 22.4 Å². The average Bonchev–Trinajstić information content (AvgIpc) is 2.37. The molecule has 0 bridgehead atoms. The van der Waals surface area contributed by atoms with E-state index in [0.29, 0.717) is 0 Å². The van der Waals surface area contributed by atoms with Crippen LogP contribution < -0.4 is 4.74 Å². The molecule has 0 aliphatic carbocycles. The molecule has 0 unspecified atom stereocenters. The van der Waals surface area contributed by atoms with Crippen molar-refractivity contribution in [3.63, 3.8) is 0 Å². The average molecular weight is 370 g/mol. The van der Waals surface area contributed by atoms with Crippen molar-refractivity contribution in [2.75, 3.05) is 6.61 Å². The van der Waals surface area contributed by atoms with Crippen molar-refractivity contribution in [3.8, 4) is 5.75 Å². The van der Waals surface area contributed by atoms with Gasteiger partial charge in [0.05, 0.1) is 0 Å². The predicted molar refractivity (Wildman–Crippen MR) is 94.9 cm³/mol. The van der Waals surface area contributed by atoms with Crippen molar-refractivity contribution in [2.24, 2.45) is 0 Å². The number of halogens is 1. The van der Waals surface area contributed by atoms with Crippen LogP contribution in [0.3, 0.4) is 0 Å². The quantitative estimate of drug-likeness (QED) is 0.381. The molecule has 1 nitrogen and oxygen atoms in total. The van der Waals surface area contributed by atoms with Crippen molar-refractivity contribution >= 4 is 33.1 Å². The molecule has 1 aromatic carbocycles. The van der Waals surface area contributed by atoms with Gasteiger partial charge in [0, 0.05) is 0 Å². The second-order valence-electron chi connectivity index (χ2n) is 5.83. The minimum atomic E-state index is 0.213. The van der Waals surface area contributed by atoms with Gasteiger partial charge in [-0.15, -0.1) is 0 Å². The third kappa shape index (κ3) is 7.14. The van der Waals surface area contributed by atoms with Gasteiger partial charge in [-0.2, -0.15) is 0 Å². The fraction of sp³-hybridized carbons (Fsp3) is 0.562. The van der Waals surface area contributed by atoms with Crippen LogP contribution in [0.1, 0.15) is 52.0 Å². The van der Waals surface area contributed by atoms with Crippen LogP contribution in [0.5, 0.6) is 5.75 Å². The van der Waals surface area contributed by atoms with E-state index < -0.39 is 0 Å². The fourth-order valence-electron chi connectivity index (χ4n) is 1.85. The molecule has 0 spiro atoms. The van der Waals surface area contributed by atoms with Crippen LogP contribution in [0.4, 0.5) is 0 Å². The number of ether oxygens (including phenoxy) is 1. The first kappa shape index (κ1) is 16.7. The molecule has 19 heavy (non-hydrogen) atoms. The van der Waals surface area contributed by atoms with Crippen LogP contribution in [0.15, 0.2) is 24.3 Å². The number of benzene rings is 1. The van der Waals surface area contributed by atoms with Crippen molar-refractivity contribution in [2.45, 2.75) is 51.9 Å². The molecular weight excluding hydrogens is 346 g/mol. The molecule has 0 aromatic heterocycles. The second-order valence-corrected chi connectivity index (χ2v) is 6.55. The molecule has 0 amide bonds. The zero-order chi connectivity index (χ0) is 14.1. The van der Waals surface area contributed by atoms with E-state index in [1.54, 1.807) is 0 Å². The predicted octanol–water partition coefficient (Wildman–Crippen LogP) is 4.78. The van der Waals surface area contributed by atoms with Crippen LogP contribution in [0.2, 0.25) is 0 Å². The Bertz CT molecular complexity index is 379. The molecular formula is C16H24BIO. The molecule has 0 aliphatic rings. The first-order chi connectivity index (χ1) is 9.04. The first-order valence-corrected chi connectivity index (χ1v) is 8.27. The number of hydrogen-bond donors (Lipinski definition) is 0. The van der Waals surface area contributed by atoms with Crippen molar-refractivity contribution in [3.05, 3.63) is 29.8 Å². The Kier molecular flexibility index (Phi) is 7.73. The van der Waals surface area contributed by atoms with Gasteiger partial charge in [-0.1, -0.05) is 20.8 Å². The summed E-state index contributed by atoms with van der Waals surface area (Å²) in [6, 6.07) is 8.50. The van der Waals surface area contributed by atoms with Gasteiger partial charge in [0.25, 0.3) is 0 Å². The maximum absolute atomic E-state index is 5.76. The Morgan fingerprint density at radius 1 is 1.11 bits per heavy atom. The number of rotatable bonds is 7. The van der Waals surface area contributed by atoms with E-state index in [0.717, 1.165) is 18.8 Å². The normalized spacial score (nSPS) is 11.6. The van der Waals surface area contributed by atoms with Gasteiger partial charge >= 0.3 is 111 Å². The second kappa shape index (κ2) is 8.78. The van der Waals surface area contributed by atoms with E-state index in [-0.39, 0.29) is 5.41 Å². The van der Waals surface area contributed by atoms with Crippen LogP contribution in [0.25, 0.3) is 0 Å². The minimum absolute atomic E-state index is 0.213. The van der Waals surface area contributed by atoms with Gasteiger partial charge in [-0.3, -0.25) is 0 Å². The molecule has 0 saturated heterocycles. The molecule has 104 valence electrons. The van der Waals surface area contributed by atoms with Gasteiger partial charge < -0.3 is 0 Å². The van der Waals surface area contributed by atoms with Crippen LogP contribution in [-0.2, 0) is 5.41 Å². The van der Waals surface area contributed by atoms with E-state index in [1.165, 1.54) is 24.8 Å². The summed E-state index contributed by atoms with van der Waals surface area (Å²) in [6.45, 7) is 7.51. The van der Waals surface area contributed by atoms with Gasteiger partial charge in [-0.25, -0.2) is 0 Å². The van der Waals surface area contributed by atoms with Gasteiger partial charge in [0.1, 0.15) is 0 Å². The van der Waals surface area contributed by atoms with E-state index in [1.807, 2.05) is 0 Å². The van der Waals surface area contributed by atoms with Crippen LogP contribution in [-0.4, -0.2) is 17.4 Å². The summed E-state index contributed by atoms with van der Waals surface area (Å²) in [6.07, 6.45) is 4.81. The number of unbranched alkanes of at least 4 members (excludes halogenated alkanes) is 3.